The Morgan fingerprint density at radius 1 is 1.00 bits per heavy atom. The van der Waals surface area contributed by atoms with E-state index >= 15 is 0 Å². The van der Waals surface area contributed by atoms with Gasteiger partial charge in [0.1, 0.15) is 10.6 Å². The Hall–Kier alpha value is -2.77. The standard InChI is InChI=1S/C20H12FN3OS2/c21-14-8-6-13(7-9-14)16-11-27-20-22-18-17(19(25)24(20)23-16)15(10-26-18)12-4-2-1-3-5-12/h1-10H,11H2. The number of aromatic nitrogens is 2. The summed E-state index contributed by atoms with van der Waals surface area (Å²) in [4.78, 5) is 18.6. The van der Waals surface area contributed by atoms with Crippen LogP contribution in [0.25, 0.3) is 21.3 Å². The zero-order valence-electron chi connectivity index (χ0n) is 13.9. The van der Waals surface area contributed by atoms with Crippen LogP contribution in [0.3, 0.4) is 0 Å². The lowest BCUT2D eigenvalue weighted by Gasteiger charge is -2.15. The Balaban J connectivity index is 1.70. The molecule has 0 fully saturated rings. The first kappa shape index (κ1) is 16.4. The summed E-state index contributed by atoms with van der Waals surface area (Å²) in [7, 11) is 0. The lowest BCUT2D eigenvalue weighted by molar-refractivity contribution is 0.627. The molecule has 3 heterocycles. The lowest BCUT2D eigenvalue weighted by atomic mass is 10.1. The Morgan fingerprint density at radius 3 is 2.56 bits per heavy atom. The van der Waals surface area contributed by atoms with Gasteiger partial charge in [0.05, 0.1) is 11.1 Å². The first-order valence-electron chi connectivity index (χ1n) is 8.27. The summed E-state index contributed by atoms with van der Waals surface area (Å²) < 4.78 is 14.6. The Morgan fingerprint density at radius 2 is 1.78 bits per heavy atom. The fourth-order valence-electron chi connectivity index (χ4n) is 3.04. The van der Waals surface area contributed by atoms with Crippen molar-refractivity contribution in [1.29, 1.82) is 0 Å². The van der Waals surface area contributed by atoms with Gasteiger partial charge in [0.2, 0.25) is 0 Å². The van der Waals surface area contributed by atoms with Gasteiger partial charge in [-0.25, -0.2) is 9.37 Å². The number of halogens is 1. The number of thiophene rings is 1. The maximum absolute atomic E-state index is 13.2. The molecule has 0 radical (unpaired) electrons. The summed E-state index contributed by atoms with van der Waals surface area (Å²) in [6, 6.07) is 15.9. The number of thioether (sulfide) groups is 1. The number of hydrogen-bond acceptors (Lipinski definition) is 5. The fraction of sp³-hybridized carbons (Fsp3) is 0.0500. The smallest absolute Gasteiger partial charge is 0.266 e. The van der Waals surface area contributed by atoms with Crippen molar-refractivity contribution in [2.75, 3.05) is 5.75 Å². The van der Waals surface area contributed by atoms with Gasteiger partial charge in [-0.15, -0.1) is 11.3 Å². The van der Waals surface area contributed by atoms with Gasteiger partial charge in [-0.1, -0.05) is 54.2 Å². The van der Waals surface area contributed by atoms with Crippen LogP contribution < -0.4 is 5.56 Å². The third-order valence-corrected chi connectivity index (χ3v) is 6.19. The van der Waals surface area contributed by atoms with Gasteiger partial charge in [-0.2, -0.15) is 9.78 Å². The van der Waals surface area contributed by atoms with Crippen LogP contribution in [0.15, 0.2) is 75.0 Å². The van der Waals surface area contributed by atoms with Gasteiger partial charge in [0, 0.05) is 16.7 Å². The van der Waals surface area contributed by atoms with Crippen LogP contribution in [0.4, 0.5) is 4.39 Å². The predicted molar refractivity (Wildman–Crippen MR) is 108 cm³/mol. The number of hydrogen-bond donors (Lipinski definition) is 0. The molecule has 2 aromatic heterocycles. The first-order valence-corrected chi connectivity index (χ1v) is 10.1. The Bertz CT molecular complexity index is 1240. The van der Waals surface area contributed by atoms with E-state index in [-0.39, 0.29) is 11.4 Å². The molecule has 1 aliphatic heterocycles. The van der Waals surface area contributed by atoms with Gasteiger partial charge in [-0.05, 0) is 23.3 Å². The first-order chi connectivity index (χ1) is 13.2. The summed E-state index contributed by atoms with van der Waals surface area (Å²) >= 11 is 2.93. The summed E-state index contributed by atoms with van der Waals surface area (Å²) in [5, 5.41) is 7.66. The van der Waals surface area contributed by atoms with Crippen LogP contribution in [-0.4, -0.2) is 21.1 Å². The highest BCUT2D eigenvalue weighted by molar-refractivity contribution is 7.99. The van der Waals surface area contributed by atoms with Crippen LogP contribution in [0, 0.1) is 5.82 Å². The lowest BCUT2D eigenvalue weighted by Crippen LogP contribution is -2.25. The fourth-order valence-corrected chi connectivity index (χ4v) is 4.93. The minimum atomic E-state index is -0.297. The SMILES string of the molecule is O=c1c2c(-c3ccccc3)csc2nc2n1N=C(c1ccc(F)cc1)CS2. The topological polar surface area (TPSA) is 47.2 Å². The van der Waals surface area contributed by atoms with E-state index in [0.29, 0.717) is 16.3 Å². The molecule has 0 aliphatic carbocycles. The zero-order valence-corrected chi connectivity index (χ0v) is 15.6. The largest absolute Gasteiger partial charge is 0.284 e. The quantitative estimate of drug-likeness (QED) is 0.467. The molecule has 0 amide bonds. The minimum absolute atomic E-state index is 0.179. The molecule has 132 valence electrons. The molecule has 27 heavy (non-hydrogen) atoms. The number of nitrogens with zero attached hydrogens (tertiary/aromatic N) is 3. The highest BCUT2D eigenvalue weighted by atomic mass is 32.2. The summed E-state index contributed by atoms with van der Waals surface area (Å²) in [5.74, 6) is 0.287. The molecule has 0 unspecified atom stereocenters. The molecule has 0 spiro atoms. The minimum Gasteiger partial charge on any atom is -0.266 e. The predicted octanol–water partition coefficient (Wildman–Crippen LogP) is 4.62. The molecule has 2 aromatic carbocycles. The third kappa shape index (κ3) is 2.79. The maximum atomic E-state index is 13.2. The molecule has 0 saturated carbocycles. The average Bonchev–Trinajstić information content (AvgIpc) is 3.13. The zero-order chi connectivity index (χ0) is 18.4. The van der Waals surface area contributed by atoms with Gasteiger partial charge in [0.25, 0.3) is 5.56 Å². The second-order valence-electron chi connectivity index (χ2n) is 6.05. The van der Waals surface area contributed by atoms with Crippen molar-refractivity contribution < 1.29 is 4.39 Å². The molecule has 4 nitrogen and oxygen atoms in total. The van der Waals surface area contributed by atoms with Crippen LogP contribution in [0.2, 0.25) is 0 Å². The van der Waals surface area contributed by atoms with Crippen LogP contribution in [-0.2, 0) is 0 Å². The molecular weight excluding hydrogens is 381 g/mol. The van der Waals surface area contributed by atoms with E-state index in [4.69, 9.17) is 0 Å². The van der Waals surface area contributed by atoms with Crippen LogP contribution in [0.5, 0.6) is 0 Å². The Kier molecular flexibility index (Phi) is 3.91. The normalized spacial score (nSPS) is 13.4. The van der Waals surface area contributed by atoms with Gasteiger partial charge >= 0.3 is 0 Å². The van der Waals surface area contributed by atoms with Crippen molar-refractivity contribution in [3.63, 3.8) is 0 Å². The average molecular weight is 393 g/mol. The molecule has 7 heteroatoms. The van der Waals surface area contributed by atoms with Crippen molar-refractivity contribution >= 4 is 39.0 Å². The summed E-state index contributed by atoms with van der Waals surface area (Å²) in [5.41, 5.74) is 3.20. The van der Waals surface area contributed by atoms with Crippen LogP contribution in [0.1, 0.15) is 5.56 Å². The number of rotatable bonds is 2. The number of benzene rings is 2. The van der Waals surface area contributed by atoms with E-state index in [1.54, 1.807) is 12.1 Å². The maximum Gasteiger partial charge on any atom is 0.284 e. The van der Waals surface area contributed by atoms with E-state index < -0.39 is 0 Å². The van der Waals surface area contributed by atoms with Gasteiger partial charge in [0.15, 0.2) is 5.16 Å². The molecule has 0 saturated heterocycles. The number of fused-ring (bicyclic) bond motifs is 2. The Labute approximate surface area is 162 Å². The van der Waals surface area contributed by atoms with Crippen molar-refractivity contribution in [3.8, 4) is 11.1 Å². The van der Waals surface area contributed by atoms with Crippen molar-refractivity contribution in [2.45, 2.75) is 5.16 Å². The highest BCUT2D eigenvalue weighted by Gasteiger charge is 2.21. The molecule has 5 rings (SSSR count). The van der Waals surface area contributed by atoms with Crippen LogP contribution >= 0.6 is 23.1 Å². The summed E-state index contributed by atoms with van der Waals surface area (Å²) in [6.45, 7) is 0. The molecule has 1 aliphatic rings. The third-order valence-electron chi connectivity index (χ3n) is 4.38. The highest BCUT2D eigenvalue weighted by Crippen LogP contribution is 2.33. The molecule has 0 atom stereocenters. The van der Waals surface area contributed by atoms with Crippen molar-refractivity contribution in [3.05, 3.63) is 81.7 Å². The second kappa shape index (κ2) is 6.44. The monoisotopic (exact) mass is 393 g/mol. The van der Waals surface area contributed by atoms with Crippen molar-refractivity contribution in [2.24, 2.45) is 5.10 Å². The van der Waals surface area contributed by atoms with Crippen molar-refractivity contribution in [1.82, 2.24) is 9.66 Å². The van der Waals surface area contributed by atoms with E-state index in [9.17, 15) is 9.18 Å². The molecular formula is C20H12FN3OS2. The molecule has 0 bridgehead atoms. The van der Waals surface area contributed by atoms with Gasteiger partial charge < -0.3 is 0 Å². The molecule has 0 N–H and O–H groups in total. The van der Waals surface area contributed by atoms with Gasteiger partial charge in [-0.3, -0.25) is 4.79 Å². The van der Waals surface area contributed by atoms with E-state index in [2.05, 4.69) is 10.1 Å². The van der Waals surface area contributed by atoms with E-state index in [0.717, 1.165) is 27.2 Å². The van der Waals surface area contributed by atoms with E-state index in [1.807, 2.05) is 35.7 Å². The summed E-state index contributed by atoms with van der Waals surface area (Å²) in [6.07, 6.45) is 0. The molecule has 4 aromatic rings. The van der Waals surface area contributed by atoms with E-state index in [1.165, 1.54) is 39.9 Å². The second-order valence-corrected chi connectivity index (χ2v) is 7.85.